The summed E-state index contributed by atoms with van der Waals surface area (Å²) >= 11 is 5.61. The van der Waals surface area contributed by atoms with E-state index < -0.39 is 29.5 Å². The Balaban J connectivity index is 1.28. The molecule has 0 saturated carbocycles. The number of piperidine rings is 1. The maximum Gasteiger partial charge on any atom is 0.416 e. The Morgan fingerprint density at radius 1 is 1.21 bits per heavy atom. The average molecular weight is 500 g/mol. The van der Waals surface area contributed by atoms with Crippen molar-refractivity contribution in [2.24, 2.45) is 0 Å². The number of fused-ring (bicyclic) bond motifs is 1. The minimum Gasteiger partial charge on any atom is -0.484 e. The molecule has 0 bridgehead atoms. The largest absolute Gasteiger partial charge is 0.484 e. The summed E-state index contributed by atoms with van der Waals surface area (Å²) in [5.41, 5.74) is -0.263. The van der Waals surface area contributed by atoms with E-state index in [0.29, 0.717) is 25.1 Å². The molecule has 34 heavy (non-hydrogen) atoms. The number of amides is 2. The molecule has 2 atom stereocenters. The number of ether oxygens (including phenoxy) is 1. The Labute approximate surface area is 198 Å². The number of hydrogen-bond donors (Lipinski definition) is 2. The summed E-state index contributed by atoms with van der Waals surface area (Å²) in [6.45, 7) is 0.204. The van der Waals surface area contributed by atoms with Crippen LogP contribution in [0.2, 0.25) is 5.02 Å². The molecule has 2 N–H and O–H groups in total. The Kier molecular flexibility index (Phi) is 6.99. The van der Waals surface area contributed by atoms with Crippen LogP contribution >= 0.6 is 11.6 Å². The van der Waals surface area contributed by atoms with Gasteiger partial charge >= 0.3 is 6.18 Å². The van der Waals surface area contributed by atoms with E-state index >= 15 is 0 Å². The zero-order chi connectivity index (χ0) is 24.5. The summed E-state index contributed by atoms with van der Waals surface area (Å²) in [4.78, 5) is 26.6. The SMILES string of the molecule is O=C(COc1ccc(Cl)c(F)c1)NC1CC[C@H](C(=O)N2CCc3c2cccc3C(F)(F)F)NC1. The van der Waals surface area contributed by atoms with Gasteiger partial charge in [-0.3, -0.25) is 9.59 Å². The second kappa shape index (κ2) is 9.79. The fourth-order valence-corrected chi connectivity index (χ4v) is 4.41. The first-order valence-electron chi connectivity index (χ1n) is 10.7. The standard InChI is InChI=1S/C23H22ClF4N3O3/c24-17-6-5-14(10-18(17)25)34-12-21(32)30-13-4-7-19(29-11-13)22(33)31-9-8-15-16(23(26,27)28)2-1-3-20(15)31/h1-3,5-6,10,13,19,29H,4,7-9,11-12H2,(H,30,32)/t13?,19-/m1/s1. The number of hydrogen-bond acceptors (Lipinski definition) is 4. The molecule has 6 nitrogen and oxygen atoms in total. The summed E-state index contributed by atoms with van der Waals surface area (Å²) in [6.07, 6.45) is -3.39. The van der Waals surface area contributed by atoms with Crippen LogP contribution in [0.3, 0.4) is 0 Å². The lowest BCUT2D eigenvalue weighted by Crippen LogP contribution is -2.55. The molecule has 0 aromatic heterocycles. The monoisotopic (exact) mass is 499 g/mol. The van der Waals surface area contributed by atoms with Crippen LogP contribution in [0, 0.1) is 5.82 Å². The Bertz CT molecular complexity index is 1090. The predicted octanol–water partition coefficient (Wildman–Crippen LogP) is 3.70. The molecule has 4 rings (SSSR count). The van der Waals surface area contributed by atoms with Crippen molar-refractivity contribution in [2.75, 3.05) is 24.6 Å². The molecule has 1 unspecified atom stereocenters. The van der Waals surface area contributed by atoms with Gasteiger partial charge in [0.1, 0.15) is 11.6 Å². The minimum atomic E-state index is -4.47. The fraction of sp³-hybridized carbons (Fsp3) is 0.391. The Morgan fingerprint density at radius 3 is 2.68 bits per heavy atom. The smallest absolute Gasteiger partial charge is 0.416 e. The highest BCUT2D eigenvalue weighted by Gasteiger charge is 2.39. The van der Waals surface area contributed by atoms with Gasteiger partial charge in [0, 0.05) is 30.9 Å². The van der Waals surface area contributed by atoms with Crippen LogP contribution < -0.4 is 20.3 Å². The molecule has 2 heterocycles. The van der Waals surface area contributed by atoms with Gasteiger partial charge in [-0.05, 0) is 49.1 Å². The van der Waals surface area contributed by atoms with E-state index in [0.717, 1.165) is 12.1 Å². The van der Waals surface area contributed by atoms with E-state index in [1.807, 2.05) is 0 Å². The van der Waals surface area contributed by atoms with Crippen LogP contribution in [-0.4, -0.2) is 43.6 Å². The highest BCUT2D eigenvalue weighted by molar-refractivity contribution is 6.30. The summed E-state index contributed by atoms with van der Waals surface area (Å²) in [7, 11) is 0. The van der Waals surface area contributed by atoms with Crippen LogP contribution in [0.25, 0.3) is 0 Å². The van der Waals surface area contributed by atoms with Crippen LogP contribution in [0.1, 0.15) is 24.0 Å². The van der Waals surface area contributed by atoms with Crippen molar-refractivity contribution >= 4 is 29.1 Å². The van der Waals surface area contributed by atoms with E-state index in [1.165, 1.54) is 29.2 Å². The molecule has 2 amide bonds. The summed E-state index contributed by atoms with van der Waals surface area (Å²) < 4.78 is 58.5. The third-order valence-electron chi connectivity index (χ3n) is 5.94. The van der Waals surface area contributed by atoms with Crippen molar-refractivity contribution in [3.8, 4) is 5.75 Å². The number of rotatable bonds is 5. The van der Waals surface area contributed by atoms with Gasteiger partial charge in [0.2, 0.25) is 5.91 Å². The predicted molar refractivity (Wildman–Crippen MR) is 117 cm³/mol. The second-order valence-electron chi connectivity index (χ2n) is 8.21. The van der Waals surface area contributed by atoms with Crippen molar-refractivity contribution in [3.63, 3.8) is 0 Å². The molecule has 2 aromatic rings. The van der Waals surface area contributed by atoms with Crippen molar-refractivity contribution in [2.45, 2.75) is 37.5 Å². The lowest BCUT2D eigenvalue weighted by molar-refractivity contribution is -0.138. The molecule has 2 aliphatic heterocycles. The van der Waals surface area contributed by atoms with Crippen LogP contribution in [0.5, 0.6) is 5.75 Å². The molecule has 2 aromatic carbocycles. The van der Waals surface area contributed by atoms with E-state index in [2.05, 4.69) is 10.6 Å². The molecular weight excluding hydrogens is 478 g/mol. The molecule has 0 aliphatic carbocycles. The maximum atomic E-state index is 13.4. The van der Waals surface area contributed by atoms with E-state index in [9.17, 15) is 27.2 Å². The molecular formula is C23H22ClF4N3O3. The minimum absolute atomic E-state index is 0.0487. The zero-order valence-electron chi connectivity index (χ0n) is 17.9. The summed E-state index contributed by atoms with van der Waals surface area (Å²) in [5, 5.41) is 5.82. The Hall–Kier alpha value is -2.85. The molecule has 1 fully saturated rings. The highest BCUT2D eigenvalue weighted by Crippen LogP contribution is 2.39. The lowest BCUT2D eigenvalue weighted by Gasteiger charge is -2.32. The van der Waals surface area contributed by atoms with Gasteiger partial charge in [-0.1, -0.05) is 17.7 Å². The number of nitrogens with one attached hydrogen (secondary N) is 2. The molecule has 1 saturated heterocycles. The van der Waals surface area contributed by atoms with Crippen molar-refractivity contribution in [1.82, 2.24) is 10.6 Å². The van der Waals surface area contributed by atoms with Crippen LogP contribution in [-0.2, 0) is 22.2 Å². The number of carbonyl (C=O) groups excluding carboxylic acids is 2. The van der Waals surface area contributed by atoms with Crippen molar-refractivity contribution < 1.29 is 31.9 Å². The number of alkyl halides is 3. The number of halogens is 5. The maximum absolute atomic E-state index is 13.4. The first-order valence-corrected chi connectivity index (χ1v) is 11.1. The summed E-state index contributed by atoms with van der Waals surface area (Å²) in [6, 6.07) is 6.95. The van der Waals surface area contributed by atoms with Gasteiger partial charge in [0.25, 0.3) is 5.91 Å². The highest BCUT2D eigenvalue weighted by atomic mass is 35.5. The first-order chi connectivity index (χ1) is 16.1. The first kappa shape index (κ1) is 24.3. The number of anilines is 1. The number of carbonyl (C=O) groups is 2. The van der Waals surface area contributed by atoms with Crippen molar-refractivity contribution in [3.05, 3.63) is 58.4 Å². The second-order valence-corrected chi connectivity index (χ2v) is 8.62. The third kappa shape index (κ3) is 5.28. The van der Waals surface area contributed by atoms with Crippen LogP contribution in [0.15, 0.2) is 36.4 Å². The molecule has 0 spiro atoms. The van der Waals surface area contributed by atoms with Gasteiger partial charge in [0.15, 0.2) is 6.61 Å². The van der Waals surface area contributed by atoms with Gasteiger partial charge < -0.3 is 20.3 Å². The fourth-order valence-electron chi connectivity index (χ4n) is 4.29. The number of nitrogens with zero attached hydrogens (tertiary/aromatic N) is 1. The van der Waals surface area contributed by atoms with Crippen molar-refractivity contribution in [1.29, 1.82) is 0 Å². The normalized spacial score (nSPS) is 20.1. The lowest BCUT2D eigenvalue weighted by atomic mass is 9.99. The van der Waals surface area contributed by atoms with Gasteiger partial charge in [0.05, 0.1) is 16.6 Å². The molecule has 182 valence electrons. The van der Waals surface area contributed by atoms with E-state index in [4.69, 9.17) is 16.3 Å². The van der Waals surface area contributed by atoms with Crippen LogP contribution in [0.4, 0.5) is 23.2 Å². The zero-order valence-corrected chi connectivity index (χ0v) is 18.7. The molecule has 11 heteroatoms. The quantitative estimate of drug-likeness (QED) is 0.616. The third-order valence-corrected chi connectivity index (χ3v) is 6.24. The van der Waals surface area contributed by atoms with Gasteiger partial charge in [-0.2, -0.15) is 13.2 Å². The Morgan fingerprint density at radius 2 is 2.00 bits per heavy atom. The van der Waals surface area contributed by atoms with E-state index in [1.54, 1.807) is 0 Å². The number of benzene rings is 2. The topological polar surface area (TPSA) is 70.7 Å². The summed E-state index contributed by atoms with van der Waals surface area (Å²) in [5.74, 6) is -1.16. The van der Waals surface area contributed by atoms with Gasteiger partial charge in [-0.25, -0.2) is 4.39 Å². The molecule has 0 radical (unpaired) electrons. The van der Waals surface area contributed by atoms with Gasteiger partial charge in [-0.15, -0.1) is 0 Å². The molecule has 2 aliphatic rings. The average Bonchev–Trinajstić information content (AvgIpc) is 3.23. The van der Waals surface area contributed by atoms with E-state index in [-0.39, 0.29) is 47.9 Å².